The highest BCUT2D eigenvalue weighted by molar-refractivity contribution is 8.00. The van der Waals surface area contributed by atoms with Gasteiger partial charge in [0.15, 0.2) is 0 Å². The molecule has 0 saturated carbocycles. The molecule has 0 bridgehead atoms. The first kappa shape index (κ1) is 19.2. The molecule has 30 heavy (non-hydrogen) atoms. The molecule has 0 aliphatic carbocycles. The summed E-state index contributed by atoms with van der Waals surface area (Å²) >= 11 is 1.92. The molecule has 154 valence electrons. The molecule has 3 aromatic rings. The van der Waals surface area contributed by atoms with Crippen LogP contribution in [-0.4, -0.2) is 35.0 Å². The molecule has 0 aromatic heterocycles. The molecule has 3 aromatic carbocycles. The fourth-order valence-corrected chi connectivity index (χ4v) is 6.17. The Kier molecular flexibility index (Phi) is 5.25. The van der Waals surface area contributed by atoms with Crippen LogP contribution in [0, 0.1) is 0 Å². The van der Waals surface area contributed by atoms with Crippen LogP contribution in [0.15, 0.2) is 54.6 Å². The van der Waals surface area contributed by atoms with Gasteiger partial charge in [-0.1, -0.05) is 55.0 Å². The fourth-order valence-electron chi connectivity index (χ4n) is 4.62. The van der Waals surface area contributed by atoms with E-state index in [2.05, 4.69) is 46.3 Å². The lowest BCUT2D eigenvalue weighted by molar-refractivity contribution is -0.116. The van der Waals surface area contributed by atoms with Crippen LogP contribution in [-0.2, 0) is 4.79 Å². The maximum absolute atomic E-state index is 12.7. The van der Waals surface area contributed by atoms with Gasteiger partial charge in [0.05, 0.1) is 17.8 Å². The summed E-state index contributed by atoms with van der Waals surface area (Å²) < 4.78 is 0. The minimum Gasteiger partial charge on any atom is -0.332 e. The monoisotopic (exact) mass is 419 g/mol. The van der Waals surface area contributed by atoms with E-state index < -0.39 is 0 Å². The van der Waals surface area contributed by atoms with Gasteiger partial charge in [-0.2, -0.15) is 11.8 Å². The van der Waals surface area contributed by atoms with E-state index in [1.807, 2.05) is 36.0 Å². The molecule has 2 heterocycles. The molecule has 2 aliphatic rings. The van der Waals surface area contributed by atoms with E-state index in [0.29, 0.717) is 11.7 Å². The molecule has 5 nitrogen and oxygen atoms in total. The van der Waals surface area contributed by atoms with Gasteiger partial charge in [-0.25, -0.2) is 4.79 Å². The minimum atomic E-state index is -0.0445. The van der Waals surface area contributed by atoms with Gasteiger partial charge in [0.2, 0.25) is 5.91 Å². The van der Waals surface area contributed by atoms with Crippen LogP contribution in [0.2, 0.25) is 0 Å². The maximum atomic E-state index is 12.7. The lowest BCUT2D eigenvalue weighted by atomic mass is 10.0. The molecule has 3 N–H and O–H groups in total. The number of benzene rings is 3. The SMILES string of the molecule is O=C(CCCCC1SCC2NC(=O)NC21)Nc1c2ccccc2cc2ccccc12. The highest BCUT2D eigenvalue weighted by Crippen LogP contribution is 2.34. The average Bonchev–Trinajstić information content (AvgIpc) is 3.30. The van der Waals surface area contributed by atoms with Crippen LogP contribution in [0.1, 0.15) is 25.7 Å². The summed E-state index contributed by atoms with van der Waals surface area (Å²) in [6.45, 7) is 0. The molecular formula is C24H25N3O2S. The molecule has 2 saturated heterocycles. The predicted octanol–water partition coefficient (Wildman–Crippen LogP) is 4.66. The van der Waals surface area contributed by atoms with Crippen molar-refractivity contribution in [3.63, 3.8) is 0 Å². The summed E-state index contributed by atoms with van der Waals surface area (Å²) in [7, 11) is 0. The van der Waals surface area contributed by atoms with E-state index in [9.17, 15) is 9.59 Å². The molecule has 6 heteroatoms. The number of carbonyl (C=O) groups is 2. The summed E-state index contributed by atoms with van der Waals surface area (Å²) in [4.78, 5) is 24.2. The van der Waals surface area contributed by atoms with Gasteiger partial charge >= 0.3 is 6.03 Å². The number of anilines is 1. The maximum Gasteiger partial charge on any atom is 0.315 e. The molecule has 3 atom stereocenters. The highest BCUT2D eigenvalue weighted by Gasteiger charge is 2.42. The Balaban J connectivity index is 1.22. The quantitative estimate of drug-likeness (QED) is 0.309. The lowest BCUT2D eigenvalue weighted by Crippen LogP contribution is -2.36. The first-order chi connectivity index (χ1) is 14.7. The fraction of sp³-hybridized carbons (Fsp3) is 0.333. The van der Waals surface area contributed by atoms with Crippen LogP contribution < -0.4 is 16.0 Å². The number of fused-ring (bicyclic) bond motifs is 3. The number of nitrogens with one attached hydrogen (secondary N) is 3. The Labute approximate surface area is 180 Å². The van der Waals surface area contributed by atoms with Crippen LogP contribution in [0.3, 0.4) is 0 Å². The smallest absolute Gasteiger partial charge is 0.315 e. The van der Waals surface area contributed by atoms with Crippen molar-refractivity contribution in [3.8, 4) is 0 Å². The summed E-state index contributed by atoms with van der Waals surface area (Å²) in [5.41, 5.74) is 0.905. The third-order valence-electron chi connectivity index (χ3n) is 6.12. The minimum absolute atomic E-state index is 0.0445. The zero-order valence-corrected chi connectivity index (χ0v) is 17.5. The molecule has 3 amide bonds. The standard InChI is InChI=1S/C24H25N3O2S/c28-21(12-6-5-11-20-23-19(14-30-20)25-24(29)27-23)26-22-17-9-3-1-7-15(17)13-16-8-2-4-10-18(16)22/h1-4,7-10,13,19-20,23H,5-6,11-12,14H2,(H,26,28)(H2,25,27,29). The highest BCUT2D eigenvalue weighted by atomic mass is 32.2. The van der Waals surface area contributed by atoms with Gasteiger partial charge in [-0.3, -0.25) is 4.79 Å². The van der Waals surface area contributed by atoms with Crippen LogP contribution in [0.5, 0.6) is 0 Å². The number of thioether (sulfide) groups is 1. The number of carbonyl (C=O) groups excluding carboxylic acids is 2. The third-order valence-corrected chi connectivity index (χ3v) is 7.62. The molecule has 5 rings (SSSR count). The zero-order chi connectivity index (χ0) is 20.5. The van der Waals surface area contributed by atoms with Crippen molar-refractivity contribution in [1.29, 1.82) is 0 Å². The molecule has 2 aliphatic heterocycles. The number of hydrogen-bond donors (Lipinski definition) is 3. The van der Waals surface area contributed by atoms with Crippen molar-refractivity contribution < 1.29 is 9.59 Å². The van der Waals surface area contributed by atoms with Crippen molar-refractivity contribution in [2.45, 2.75) is 43.0 Å². The van der Waals surface area contributed by atoms with E-state index in [1.165, 1.54) is 0 Å². The normalized spacial score (nSPS) is 22.7. The number of hydrogen-bond acceptors (Lipinski definition) is 3. The van der Waals surface area contributed by atoms with Gasteiger partial charge in [0, 0.05) is 28.2 Å². The molecule has 2 fully saturated rings. The van der Waals surface area contributed by atoms with Gasteiger partial charge < -0.3 is 16.0 Å². The molecular weight excluding hydrogens is 394 g/mol. The van der Waals surface area contributed by atoms with Crippen LogP contribution in [0.25, 0.3) is 21.5 Å². The second-order valence-corrected chi connectivity index (χ2v) is 9.38. The van der Waals surface area contributed by atoms with Crippen molar-refractivity contribution in [1.82, 2.24) is 10.6 Å². The number of urea groups is 1. The number of unbranched alkanes of at least 4 members (excludes halogenated alkanes) is 1. The predicted molar refractivity (Wildman–Crippen MR) is 124 cm³/mol. The number of rotatable bonds is 6. The average molecular weight is 420 g/mol. The molecule has 3 unspecified atom stereocenters. The summed E-state index contributed by atoms with van der Waals surface area (Å²) in [5.74, 6) is 1.03. The van der Waals surface area contributed by atoms with Crippen molar-refractivity contribution >= 4 is 50.9 Å². The Bertz CT molecular complexity index is 1060. The molecule has 0 spiro atoms. The van der Waals surface area contributed by atoms with Crippen LogP contribution >= 0.6 is 11.8 Å². The lowest BCUT2D eigenvalue weighted by Gasteiger charge is -2.16. The van der Waals surface area contributed by atoms with E-state index >= 15 is 0 Å². The van der Waals surface area contributed by atoms with Crippen molar-refractivity contribution in [3.05, 3.63) is 54.6 Å². The zero-order valence-electron chi connectivity index (χ0n) is 16.7. The van der Waals surface area contributed by atoms with Gasteiger partial charge in [0.25, 0.3) is 0 Å². The topological polar surface area (TPSA) is 70.2 Å². The van der Waals surface area contributed by atoms with E-state index in [-0.39, 0.29) is 24.0 Å². The van der Waals surface area contributed by atoms with Crippen molar-refractivity contribution in [2.75, 3.05) is 11.1 Å². The Hall–Kier alpha value is -2.73. The van der Waals surface area contributed by atoms with Crippen molar-refractivity contribution in [2.24, 2.45) is 0 Å². The second-order valence-electron chi connectivity index (χ2n) is 8.11. The van der Waals surface area contributed by atoms with E-state index in [1.54, 1.807) is 0 Å². The van der Waals surface area contributed by atoms with Gasteiger partial charge in [-0.15, -0.1) is 0 Å². The Morgan fingerprint density at radius 3 is 2.43 bits per heavy atom. The van der Waals surface area contributed by atoms with E-state index in [0.717, 1.165) is 52.2 Å². The third kappa shape index (κ3) is 3.72. The van der Waals surface area contributed by atoms with Gasteiger partial charge in [-0.05, 0) is 29.7 Å². The van der Waals surface area contributed by atoms with Gasteiger partial charge in [0.1, 0.15) is 0 Å². The summed E-state index contributed by atoms with van der Waals surface area (Å²) in [6, 6.07) is 19.0. The Morgan fingerprint density at radius 1 is 1.00 bits per heavy atom. The first-order valence-corrected chi connectivity index (χ1v) is 11.6. The largest absolute Gasteiger partial charge is 0.332 e. The number of amides is 3. The van der Waals surface area contributed by atoms with Crippen LogP contribution in [0.4, 0.5) is 10.5 Å². The first-order valence-electron chi connectivity index (χ1n) is 10.6. The molecule has 0 radical (unpaired) electrons. The second kappa shape index (κ2) is 8.19. The van der Waals surface area contributed by atoms with E-state index in [4.69, 9.17) is 0 Å². The summed E-state index contributed by atoms with van der Waals surface area (Å²) in [5, 5.41) is 14.0. The Morgan fingerprint density at radius 2 is 1.70 bits per heavy atom. The summed E-state index contributed by atoms with van der Waals surface area (Å²) in [6.07, 6.45) is 3.37.